The Morgan fingerprint density at radius 1 is 1.04 bits per heavy atom. The molecule has 0 amide bonds. The quantitative estimate of drug-likeness (QED) is 0.246. The van der Waals surface area contributed by atoms with Crippen LogP contribution in [0.25, 0.3) is 0 Å². The fraction of sp³-hybridized carbons (Fsp3) is 0.700. The molecule has 0 unspecified atom stereocenters. The normalized spacial score (nSPS) is 20.5. The summed E-state index contributed by atoms with van der Waals surface area (Å²) in [7, 11) is -0.692. The lowest BCUT2D eigenvalue weighted by Crippen LogP contribution is -2.20. The summed E-state index contributed by atoms with van der Waals surface area (Å²) in [5.74, 6) is -2.27. The molecular formula is C20H30F4OSi. The highest BCUT2D eigenvalue weighted by molar-refractivity contribution is 6.59. The van der Waals surface area contributed by atoms with E-state index in [0.717, 1.165) is 12.8 Å². The number of rotatable bonds is 10. The molecule has 1 nitrogen and oxygen atoms in total. The maximum absolute atomic E-state index is 14.1. The molecule has 1 saturated heterocycles. The number of ether oxygens (including phenoxy) is 1. The first kappa shape index (κ1) is 21.3. The Bertz CT molecular complexity index is 522. The van der Waals surface area contributed by atoms with Crippen molar-refractivity contribution in [2.45, 2.75) is 82.3 Å². The lowest BCUT2D eigenvalue weighted by Gasteiger charge is -2.28. The van der Waals surface area contributed by atoms with Gasteiger partial charge in [-0.1, -0.05) is 57.2 Å². The third-order valence-electron chi connectivity index (χ3n) is 5.41. The van der Waals surface area contributed by atoms with Gasteiger partial charge in [0.2, 0.25) is 0 Å². The van der Waals surface area contributed by atoms with Gasteiger partial charge in [-0.15, -0.1) is 0 Å². The number of alkyl halides is 2. The molecule has 1 aromatic rings. The van der Waals surface area contributed by atoms with Gasteiger partial charge in [0.1, 0.15) is 6.61 Å². The van der Waals surface area contributed by atoms with Crippen molar-refractivity contribution in [2.24, 2.45) is 0 Å². The Hall–Kier alpha value is -1.04. The van der Waals surface area contributed by atoms with E-state index in [2.05, 4.69) is 11.7 Å². The average molecular weight is 391 g/mol. The van der Waals surface area contributed by atoms with E-state index in [0.29, 0.717) is 5.56 Å². The van der Waals surface area contributed by atoms with Crippen molar-refractivity contribution < 1.29 is 22.3 Å². The molecule has 1 heterocycles. The van der Waals surface area contributed by atoms with Crippen molar-refractivity contribution in [2.75, 3.05) is 6.61 Å². The molecule has 1 aromatic carbocycles. The van der Waals surface area contributed by atoms with Gasteiger partial charge in [0, 0.05) is 8.80 Å². The Morgan fingerprint density at radius 2 is 1.65 bits per heavy atom. The van der Waals surface area contributed by atoms with Crippen LogP contribution in [0.1, 0.15) is 63.4 Å². The first-order valence-electron chi connectivity index (χ1n) is 9.91. The predicted octanol–water partition coefficient (Wildman–Crippen LogP) is 6.68. The van der Waals surface area contributed by atoms with E-state index in [9.17, 15) is 17.6 Å². The van der Waals surface area contributed by atoms with Crippen LogP contribution in [-0.2, 0) is 0 Å². The van der Waals surface area contributed by atoms with Gasteiger partial charge in [-0.3, -0.25) is 0 Å². The number of hydrogen-bond donors (Lipinski definition) is 0. The molecule has 1 fully saturated rings. The van der Waals surface area contributed by atoms with Crippen LogP contribution < -0.4 is 4.74 Å². The highest BCUT2D eigenvalue weighted by Crippen LogP contribution is 2.37. The first-order chi connectivity index (χ1) is 12.5. The van der Waals surface area contributed by atoms with Crippen LogP contribution in [0.2, 0.25) is 18.1 Å². The summed E-state index contributed by atoms with van der Waals surface area (Å²) < 4.78 is 57.0. The van der Waals surface area contributed by atoms with Crippen molar-refractivity contribution in [1.82, 2.24) is 0 Å². The molecule has 26 heavy (non-hydrogen) atoms. The van der Waals surface area contributed by atoms with Gasteiger partial charge in [-0.05, 0) is 36.5 Å². The minimum Gasteiger partial charge on any atom is -0.482 e. The van der Waals surface area contributed by atoms with Gasteiger partial charge in [0.25, 0.3) is 6.43 Å². The van der Waals surface area contributed by atoms with Crippen molar-refractivity contribution in [3.05, 3.63) is 29.3 Å². The second kappa shape index (κ2) is 10.9. The highest BCUT2D eigenvalue weighted by atomic mass is 28.3. The fourth-order valence-corrected chi connectivity index (χ4v) is 7.40. The lowest BCUT2D eigenvalue weighted by atomic mass is 9.93. The maximum Gasteiger partial charge on any atom is 0.272 e. The summed E-state index contributed by atoms with van der Waals surface area (Å²) >= 11 is 0. The second-order valence-corrected chi connectivity index (χ2v) is 10.9. The molecule has 1 aliphatic rings. The largest absolute Gasteiger partial charge is 0.482 e. The van der Waals surface area contributed by atoms with Crippen LogP contribution in [0.4, 0.5) is 17.6 Å². The number of unbranched alkanes of at least 4 members (excludes halogenated alkanes) is 4. The summed E-state index contributed by atoms with van der Waals surface area (Å²) in [6.45, 7) is 1.22. The topological polar surface area (TPSA) is 9.23 Å². The highest BCUT2D eigenvalue weighted by Gasteiger charge is 2.25. The van der Waals surface area contributed by atoms with Crippen LogP contribution in [0.15, 0.2) is 12.1 Å². The van der Waals surface area contributed by atoms with Crippen LogP contribution in [0, 0.1) is 11.6 Å². The zero-order valence-corrected chi connectivity index (χ0v) is 16.7. The molecule has 6 heteroatoms. The van der Waals surface area contributed by atoms with E-state index in [1.165, 1.54) is 62.4 Å². The van der Waals surface area contributed by atoms with E-state index in [4.69, 9.17) is 0 Å². The first-order valence-corrected chi connectivity index (χ1v) is 12.4. The smallest absolute Gasteiger partial charge is 0.272 e. The van der Waals surface area contributed by atoms with E-state index in [1.807, 2.05) is 0 Å². The Morgan fingerprint density at radius 3 is 2.23 bits per heavy atom. The van der Waals surface area contributed by atoms with Gasteiger partial charge in [-0.25, -0.2) is 17.6 Å². The molecule has 0 radical (unpaired) electrons. The number of benzene rings is 1. The molecule has 0 atom stereocenters. The van der Waals surface area contributed by atoms with Crippen molar-refractivity contribution >= 4 is 8.80 Å². The van der Waals surface area contributed by atoms with Gasteiger partial charge in [-0.2, -0.15) is 0 Å². The van der Waals surface area contributed by atoms with Crippen LogP contribution in [-0.4, -0.2) is 21.8 Å². The monoisotopic (exact) mass is 390 g/mol. The third-order valence-corrected chi connectivity index (χ3v) is 8.93. The molecule has 0 aromatic heterocycles. The zero-order valence-electron chi connectivity index (χ0n) is 15.6. The minimum atomic E-state index is -2.75. The van der Waals surface area contributed by atoms with Crippen molar-refractivity contribution in [3.63, 3.8) is 0 Å². The van der Waals surface area contributed by atoms with E-state index in [1.54, 1.807) is 0 Å². The summed E-state index contributed by atoms with van der Waals surface area (Å²) in [4.78, 5) is 0. The predicted molar refractivity (Wildman–Crippen MR) is 100 cm³/mol. The van der Waals surface area contributed by atoms with E-state index in [-0.39, 0.29) is 5.92 Å². The SMILES string of the molecule is CCCCCCC[Si@H]1CC[C@H](c2cc(F)c(OCC(F)F)c(F)c2)CC1. The summed E-state index contributed by atoms with van der Waals surface area (Å²) in [6, 6.07) is 6.37. The molecule has 0 saturated carbocycles. The molecule has 2 rings (SSSR count). The standard InChI is InChI=1S/C20H30F4OSi/c1-2-3-4-5-6-9-26-10-7-15(8-11-26)16-12-17(21)20(18(22)13-16)25-14-19(23)24/h12-13,15,19,26H,2-11,14H2,1H3/t15-,26-. The van der Waals surface area contributed by atoms with Crippen molar-refractivity contribution in [3.8, 4) is 5.75 Å². The Labute approximate surface area is 155 Å². The maximum atomic E-state index is 14.1. The molecule has 0 spiro atoms. The fourth-order valence-electron chi connectivity index (χ4n) is 3.92. The molecule has 0 aliphatic carbocycles. The van der Waals surface area contributed by atoms with Crippen molar-refractivity contribution in [1.29, 1.82) is 0 Å². The van der Waals surface area contributed by atoms with Gasteiger partial charge in [0.15, 0.2) is 17.4 Å². The molecular weight excluding hydrogens is 360 g/mol. The summed E-state index contributed by atoms with van der Waals surface area (Å²) in [6.07, 6.45) is 5.81. The van der Waals surface area contributed by atoms with E-state index < -0.39 is 39.2 Å². The average Bonchev–Trinajstić information content (AvgIpc) is 2.61. The molecule has 1 aliphatic heterocycles. The summed E-state index contributed by atoms with van der Waals surface area (Å²) in [5.41, 5.74) is 0.639. The number of hydrogen-bond acceptors (Lipinski definition) is 1. The Kier molecular flexibility index (Phi) is 8.95. The Balaban J connectivity index is 1.83. The molecule has 0 N–H and O–H groups in total. The van der Waals surface area contributed by atoms with Gasteiger partial charge >= 0.3 is 0 Å². The zero-order chi connectivity index (χ0) is 18.9. The molecule has 148 valence electrons. The van der Waals surface area contributed by atoms with Crippen LogP contribution in [0.5, 0.6) is 5.75 Å². The second-order valence-electron chi connectivity index (χ2n) is 7.44. The lowest BCUT2D eigenvalue weighted by molar-refractivity contribution is 0.0777. The minimum absolute atomic E-state index is 0.173. The van der Waals surface area contributed by atoms with E-state index >= 15 is 0 Å². The third kappa shape index (κ3) is 6.60. The summed E-state index contributed by atoms with van der Waals surface area (Å²) in [5, 5.41) is 0. The van der Waals surface area contributed by atoms with Gasteiger partial charge in [0.05, 0.1) is 0 Å². The molecule has 0 bridgehead atoms. The number of halogens is 4. The van der Waals surface area contributed by atoms with Gasteiger partial charge < -0.3 is 4.74 Å². The van der Waals surface area contributed by atoms with Crippen LogP contribution in [0.3, 0.4) is 0 Å². The van der Waals surface area contributed by atoms with Crippen LogP contribution >= 0.6 is 0 Å².